The van der Waals surface area contributed by atoms with Crippen molar-refractivity contribution in [1.82, 2.24) is 8.87 Å². The molecule has 0 atom stereocenters. The predicted octanol–water partition coefficient (Wildman–Crippen LogP) is 3.61. The van der Waals surface area contributed by atoms with Gasteiger partial charge >= 0.3 is 11.9 Å². The van der Waals surface area contributed by atoms with Gasteiger partial charge in [-0.3, -0.25) is 9.59 Å². The summed E-state index contributed by atoms with van der Waals surface area (Å²) in [7, 11) is -1.28. The Morgan fingerprint density at radius 3 is 2.23 bits per heavy atom. The Bertz CT molecular complexity index is 1730. The number of fused-ring (bicyclic) bond motifs is 1. The van der Waals surface area contributed by atoms with Gasteiger partial charge in [0.15, 0.2) is 4.80 Å². The van der Waals surface area contributed by atoms with Crippen LogP contribution in [0.3, 0.4) is 0 Å². The maximum atomic E-state index is 13.3. The summed E-state index contributed by atoms with van der Waals surface area (Å²) in [5, 5.41) is 0. The van der Waals surface area contributed by atoms with Crippen LogP contribution in [0.2, 0.25) is 0 Å². The van der Waals surface area contributed by atoms with Crippen LogP contribution in [0.5, 0.6) is 0 Å². The lowest BCUT2D eigenvalue weighted by atomic mass is 10.2. The molecule has 0 spiro atoms. The maximum absolute atomic E-state index is 13.3. The van der Waals surface area contributed by atoms with Gasteiger partial charge in [-0.1, -0.05) is 48.6 Å². The summed E-state index contributed by atoms with van der Waals surface area (Å²) in [6.07, 6.45) is 0. The van der Waals surface area contributed by atoms with Gasteiger partial charge < -0.3 is 14.0 Å². The number of hydrogen-bond donors (Lipinski definition) is 0. The quantitative estimate of drug-likeness (QED) is 0.277. The number of carbonyl (C=O) groups is 3. The molecule has 40 heavy (non-hydrogen) atoms. The minimum Gasteiger partial charge on any atom is -0.468 e. The second-order valence-electron chi connectivity index (χ2n) is 8.58. The second kappa shape index (κ2) is 12.4. The Labute approximate surface area is 235 Å². The smallest absolute Gasteiger partial charge is 0.337 e. The number of carbonyl (C=O) groups excluding carboxylic acids is 3. The van der Waals surface area contributed by atoms with Gasteiger partial charge in [-0.25, -0.2) is 13.2 Å². The topological polar surface area (TPSA) is 124 Å². The number of rotatable bonds is 9. The van der Waals surface area contributed by atoms with Crippen molar-refractivity contribution in [3.63, 3.8) is 0 Å². The van der Waals surface area contributed by atoms with E-state index in [9.17, 15) is 22.8 Å². The van der Waals surface area contributed by atoms with Crippen LogP contribution in [0, 0.1) is 0 Å². The van der Waals surface area contributed by atoms with E-state index in [1.54, 1.807) is 25.1 Å². The molecule has 12 heteroatoms. The van der Waals surface area contributed by atoms with Crippen LogP contribution in [0.1, 0.15) is 33.2 Å². The highest BCUT2D eigenvalue weighted by atomic mass is 32.2. The zero-order valence-corrected chi connectivity index (χ0v) is 23.7. The van der Waals surface area contributed by atoms with Gasteiger partial charge in [0, 0.05) is 18.7 Å². The lowest BCUT2D eigenvalue weighted by molar-refractivity contribution is -0.141. The Balaban J connectivity index is 1.66. The monoisotopic (exact) mass is 581 g/mol. The molecule has 1 aromatic heterocycles. The molecule has 3 aromatic carbocycles. The van der Waals surface area contributed by atoms with E-state index in [0.29, 0.717) is 15.8 Å². The minimum absolute atomic E-state index is 0.0554. The van der Waals surface area contributed by atoms with Gasteiger partial charge in [0.05, 0.1) is 34.9 Å². The zero-order valence-electron chi connectivity index (χ0n) is 22.1. The van der Waals surface area contributed by atoms with E-state index in [0.717, 1.165) is 16.9 Å². The zero-order chi connectivity index (χ0) is 28.9. The molecule has 0 aliphatic carbocycles. The summed E-state index contributed by atoms with van der Waals surface area (Å²) in [5.41, 5.74) is 1.92. The second-order valence-corrected chi connectivity index (χ2v) is 11.5. The fraction of sp³-hybridized carbons (Fsp3) is 0.214. The van der Waals surface area contributed by atoms with Crippen LogP contribution < -0.4 is 4.80 Å². The Morgan fingerprint density at radius 1 is 0.925 bits per heavy atom. The fourth-order valence-corrected chi connectivity index (χ4v) is 6.48. The third kappa shape index (κ3) is 6.19. The third-order valence-electron chi connectivity index (χ3n) is 6.11. The van der Waals surface area contributed by atoms with Gasteiger partial charge in [-0.05, 0) is 48.0 Å². The van der Waals surface area contributed by atoms with Crippen molar-refractivity contribution in [1.29, 1.82) is 0 Å². The van der Waals surface area contributed by atoms with Gasteiger partial charge in [-0.2, -0.15) is 9.30 Å². The molecule has 0 fully saturated rings. The van der Waals surface area contributed by atoms with Gasteiger partial charge in [-0.15, -0.1) is 0 Å². The average molecular weight is 582 g/mol. The molecule has 0 N–H and O–H groups in total. The van der Waals surface area contributed by atoms with Gasteiger partial charge in [0.2, 0.25) is 10.0 Å². The highest BCUT2D eigenvalue weighted by molar-refractivity contribution is 7.89. The number of hydrogen-bond acceptors (Lipinski definition) is 8. The summed E-state index contributed by atoms with van der Waals surface area (Å²) >= 11 is 1.11. The van der Waals surface area contributed by atoms with Crippen LogP contribution in [-0.2, 0) is 37.4 Å². The number of ether oxygens (including phenoxy) is 2. The van der Waals surface area contributed by atoms with E-state index in [-0.39, 0.29) is 34.9 Å². The van der Waals surface area contributed by atoms with Crippen LogP contribution in [-0.4, -0.2) is 55.9 Å². The van der Waals surface area contributed by atoms with Crippen molar-refractivity contribution in [3.05, 3.63) is 94.3 Å². The van der Waals surface area contributed by atoms with E-state index >= 15 is 0 Å². The van der Waals surface area contributed by atoms with Crippen molar-refractivity contribution in [2.45, 2.75) is 24.9 Å². The number of methoxy groups -OCH3 is 2. The first-order chi connectivity index (χ1) is 19.2. The molecular weight excluding hydrogens is 554 g/mol. The van der Waals surface area contributed by atoms with Crippen molar-refractivity contribution in [2.24, 2.45) is 4.99 Å². The molecule has 0 unspecified atom stereocenters. The van der Waals surface area contributed by atoms with Crippen molar-refractivity contribution in [3.8, 4) is 0 Å². The summed E-state index contributed by atoms with van der Waals surface area (Å²) < 4.78 is 39.6. The Hall–Kier alpha value is -4.13. The lowest BCUT2D eigenvalue weighted by Crippen LogP contribution is -2.30. The molecule has 1 heterocycles. The first-order valence-corrected chi connectivity index (χ1v) is 14.4. The number of thiazole rings is 1. The molecule has 4 aromatic rings. The highest BCUT2D eigenvalue weighted by Gasteiger charge is 2.23. The number of nitrogens with zero attached hydrogens (tertiary/aromatic N) is 3. The summed E-state index contributed by atoms with van der Waals surface area (Å²) in [6.45, 7) is 2.06. The molecule has 208 valence electrons. The molecule has 0 bridgehead atoms. The predicted molar refractivity (Wildman–Crippen MR) is 149 cm³/mol. The minimum atomic E-state index is -3.80. The first kappa shape index (κ1) is 28.9. The number of amides is 1. The number of aromatic nitrogens is 1. The molecule has 0 radical (unpaired) electrons. The largest absolute Gasteiger partial charge is 0.468 e. The van der Waals surface area contributed by atoms with Crippen molar-refractivity contribution >= 4 is 49.4 Å². The molecular formula is C28H27N3O7S2. The van der Waals surface area contributed by atoms with E-state index in [4.69, 9.17) is 9.47 Å². The maximum Gasteiger partial charge on any atom is 0.337 e. The fourth-order valence-electron chi connectivity index (χ4n) is 3.97. The van der Waals surface area contributed by atoms with Crippen LogP contribution >= 0.6 is 11.3 Å². The molecule has 0 aliphatic rings. The van der Waals surface area contributed by atoms with Gasteiger partial charge in [0.25, 0.3) is 5.91 Å². The molecule has 4 rings (SSSR count). The van der Waals surface area contributed by atoms with Crippen LogP contribution in [0.15, 0.2) is 82.7 Å². The summed E-state index contributed by atoms with van der Waals surface area (Å²) in [6, 6.07) is 19.6. The number of benzene rings is 3. The normalized spacial score (nSPS) is 12.1. The molecule has 0 saturated carbocycles. The molecule has 0 aliphatic heterocycles. The van der Waals surface area contributed by atoms with Crippen molar-refractivity contribution in [2.75, 3.05) is 20.8 Å². The summed E-state index contributed by atoms with van der Waals surface area (Å²) in [5.74, 6) is -1.69. The molecule has 10 nitrogen and oxygen atoms in total. The van der Waals surface area contributed by atoms with Crippen molar-refractivity contribution < 1.29 is 32.3 Å². The standard InChI is InChI=1S/C28H27N3O7S2/c1-4-30(17-19-8-6-5-7-9-19)40(35,36)22-13-10-20(11-14-22)26(33)29-28-31(18-25(32)37-2)23-15-12-21(27(34)38-3)16-24(23)39-28/h5-16H,4,17-18H2,1-3H3. The SMILES string of the molecule is CCN(Cc1ccccc1)S(=O)(=O)c1ccc(C(=O)N=c2sc3cc(C(=O)OC)ccc3n2CC(=O)OC)cc1. The Kier molecular flexibility index (Phi) is 8.93. The van der Waals surface area contributed by atoms with Crippen LogP contribution in [0.25, 0.3) is 10.2 Å². The van der Waals surface area contributed by atoms with E-state index in [1.165, 1.54) is 47.4 Å². The highest BCUT2D eigenvalue weighted by Crippen LogP contribution is 2.21. The number of esters is 2. The first-order valence-electron chi connectivity index (χ1n) is 12.2. The third-order valence-corrected chi connectivity index (χ3v) is 9.09. The molecule has 0 saturated heterocycles. The number of sulfonamides is 1. The van der Waals surface area contributed by atoms with E-state index in [2.05, 4.69) is 4.99 Å². The van der Waals surface area contributed by atoms with Gasteiger partial charge in [0.1, 0.15) is 6.54 Å². The van der Waals surface area contributed by atoms with E-state index < -0.39 is 27.9 Å². The van der Waals surface area contributed by atoms with E-state index in [1.807, 2.05) is 30.3 Å². The molecule has 1 amide bonds. The lowest BCUT2D eigenvalue weighted by Gasteiger charge is -2.20. The Morgan fingerprint density at radius 2 is 1.60 bits per heavy atom. The van der Waals surface area contributed by atoms with Crippen LogP contribution in [0.4, 0.5) is 0 Å². The summed E-state index contributed by atoms with van der Waals surface area (Å²) in [4.78, 5) is 41.6. The average Bonchev–Trinajstić information content (AvgIpc) is 3.31.